The molecule has 2 aromatic heterocycles. The first-order valence-electron chi connectivity index (χ1n) is 8.19. The van der Waals surface area contributed by atoms with Crippen molar-refractivity contribution in [1.29, 1.82) is 0 Å². The Morgan fingerprint density at radius 2 is 1.96 bits per heavy atom. The number of rotatable bonds is 2. The zero-order valence-electron chi connectivity index (χ0n) is 14.2. The topological polar surface area (TPSA) is 41.6 Å². The van der Waals surface area contributed by atoms with Gasteiger partial charge in [0.2, 0.25) is 5.28 Å². The van der Waals surface area contributed by atoms with Crippen molar-refractivity contribution in [3.8, 4) is 11.3 Å². The summed E-state index contributed by atoms with van der Waals surface area (Å²) >= 11 is 5.90. The van der Waals surface area contributed by atoms with Crippen molar-refractivity contribution >= 4 is 33.4 Å². The fourth-order valence-electron chi connectivity index (χ4n) is 3.48. The smallest absolute Gasteiger partial charge is 0.223 e. The summed E-state index contributed by atoms with van der Waals surface area (Å²) in [5.74, 6) is -0.0748. The number of hydrogen-bond donors (Lipinski definition) is 1. The Balaban J connectivity index is 2.12. The number of aromatic nitrogens is 3. The van der Waals surface area contributed by atoms with E-state index in [9.17, 15) is 4.39 Å². The van der Waals surface area contributed by atoms with E-state index in [-0.39, 0.29) is 11.0 Å². The molecule has 0 unspecified atom stereocenters. The molecule has 0 aliphatic carbocycles. The molecule has 4 aromatic rings. The lowest BCUT2D eigenvalue weighted by Gasteiger charge is -2.10. The zero-order chi connectivity index (χ0) is 17.7. The van der Waals surface area contributed by atoms with Crippen LogP contribution < -0.4 is 0 Å². The summed E-state index contributed by atoms with van der Waals surface area (Å²) in [6.07, 6.45) is 1.11. The van der Waals surface area contributed by atoms with Crippen LogP contribution in [0.1, 0.15) is 30.9 Å². The van der Waals surface area contributed by atoms with Crippen LogP contribution in [-0.4, -0.2) is 15.0 Å². The highest BCUT2D eigenvalue weighted by Crippen LogP contribution is 2.37. The first kappa shape index (κ1) is 16.0. The molecule has 0 aliphatic rings. The van der Waals surface area contributed by atoms with E-state index in [1.165, 1.54) is 11.1 Å². The van der Waals surface area contributed by atoms with Gasteiger partial charge in [0.25, 0.3) is 0 Å². The SMILES string of the molecule is Cc1cc2[nH]c3cccc(-c4nc(Cl)ncc4F)c3c2cc1C(C)C. The molecule has 0 saturated heterocycles. The number of aromatic amines is 1. The van der Waals surface area contributed by atoms with Gasteiger partial charge in [0.1, 0.15) is 5.69 Å². The molecule has 0 spiro atoms. The van der Waals surface area contributed by atoms with Crippen molar-refractivity contribution in [3.05, 3.63) is 58.8 Å². The summed E-state index contributed by atoms with van der Waals surface area (Å²) in [6, 6.07) is 10.1. The van der Waals surface area contributed by atoms with Gasteiger partial charge in [-0.25, -0.2) is 14.4 Å². The van der Waals surface area contributed by atoms with Crippen molar-refractivity contribution in [2.24, 2.45) is 0 Å². The number of halogens is 2. The molecule has 4 rings (SSSR count). The molecule has 126 valence electrons. The van der Waals surface area contributed by atoms with E-state index in [2.05, 4.69) is 47.9 Å². The number of fused-ring (bicyclic) bond motifs is 3. The van der Waals surface area contributed by atoms with Crippen molar-refractivity contribution < 1.29 is 4.39 Å². The van der Waals surface area contributed by atoms with Gasteiger partial charge in [0.15, 0.2) is 5.82 Å². The normalized spacial score (nSPS) is 11.8. The Morgan fingerprint density at radius 1 is 1.16 bits per heavy atom. The molecular formula is C20H17ClFN3. The van der Waals surface area contributed by atoms with Crippen LogP contribution in [0.5, 0.6) is 0 Å². The average Bonchev–Trinajstić information content (AvgIpc) is 2.93. The summed E-state index contributed by atoms with van der Waals surface area (Å²) in [6.45, 7) is 6.46. The van der Waals surface area contributed by atoms with Crippen LogP contribution in [0.2, 0.25) is 5.28 Å². The third-order valence-corrected chi connectivity index (χ3v) is 4.78. The van der Waals surface area contributed by atoms with E-state index in [0.29, 0.717) is 11.5 Å². The van der Waals surface area contributed by atoms with Crippen LogP contribution in [0.4, 0.5) is 4.39 Å². The number of H-pyrrole nitrogens is 1. The van der Waals surface area contributed by atoms with Gasteiger partial charge >= 0.3 is 0 Å². The molecule has 5 heteroatoms. The fraction of sp³-hybridized carbons (Fsp3) is 0.200. The van der Waals surface area contributed by atoms with E-state index < -0.39 is 5.82 Å². The molecule has 2 aromatic carbocycles. The zero-order valence-corrected chi connectivity index (χ0v) is 14.9. The summed E-state index contributed by atoms with van der Waals surface area (Å²) in [5.41, 5.74) is 5.44. The summed E-state index contributed by atoms with van der Waals surface area (Å²) < 4.78 is 14.4. The van der Waals surface area contributed by atoms with Crippen molar-refractivity contribution in [3.63, 3.8) is 0 Å². The lowest BCUT2D eigenvalue weighted by molar-refractivity contribution is 0.618. The third kappa shape index (κ3) is 2.57. The molecule has 3 nitrogen and oxygen atoms in total. The first-order valence-corrected chi connectivity index (χ1v) is 8.57. The second-order valence-corrected chi connectivity index (χ2v) is 6.94. The van der Waals surface area contributed by atoms with Gasteiger partial charge in [-0.1, -0.05) is 26.0 Å². The van der Waals surface area contributed by atoms with Gasteiger partial charge in [-0.3, -0.25) is 0 Å². The maximum Gasteiger partial charge on any atom is 0.223 e. The van der Waals surface area contributed by atoms with Gasteiger partial charge in [-0.15, -0.1) is 0 Å². The van der Waals surface area contributed by atoms with Gasteiger partial charge in [-0.2, -0.15) is 0 Å². The summed E-state index contributed by atoms with van der Waals surface area (Å²) in [4.78, 5) is 11.3. The number of nitrogens with one attached hydrogen (secondary N) is 1. The minimum atomic E-state index is -0.484. The molecule has 2 heterocycles. The van der Waals surface area contributed by atoms with E-state index in [1.807, 2.05) is 18.2 Å². The van der Waals surface area contributed by atoms with Crippen LogP contribution in [0.25, 0.3) is 33.1 Å². The van der Waals surface area contributed by atoms with Crippen LogP contribution in [-0.2, 0) is 0 Å². The van der Waals surface area contributed by atoms with Gasteiger partial charge < -0.3 is 4.98 Å². The van der Waals surface area contributed by atoms with Crippen LogP contribution in [0, 0.1) is 12.7 Å². The number of aryl methyl sites for hydroxylation is 1. The molecule has 0 aliphatic heterocycles. The molecule has 0 bridgehead atoms. The maximum atomic E-state index is 14.4. The predicted molar refractivity (Wildman–Crippen MR) is 101 cm³/mol. The van der Waals surface area contributed by atoms with Crippen molar-refractivity contribution in [2.75, 3.05) is 0 Å². The number of nitrogens with zero attached hydrogens (tertiary/aromatic N) is 2. The second-order valence-electron chi connectivity index (χ2n) is 6.60. The molecule has 0 radical (unpaired) electrons. The molecule has 1 N–H and O–H groups in total. The molecule has 25 heavy (non-hydrogen) atoms. The second kappa shape index (κ2) is 5.81. The Kier molecular flexibility index (Phi) is 3.73. The van der Waals surface area contributed by atoms with Crippen LogP contribution in [0.3, 0.4) is 0 Å². The van der Waals surface area contributed by atoms with E-state index in [1.54, 1.807) is 0 Å². The average molecular weight is 354 g/mol. The van der Waals surface area contributed by atoms with Crippen LogP contribution in [0.15, 0.2) is 36.5 Å². The highest BCUT2D eigenvalue weighted by atomic mass is 35.5. The highest BCUT2D eigenvalue weighted by Gasteiger charge is 2.17. The van der Waals surface area contributed by atoms with Gasteiger partial charge in [0, 0.05) is 27.4 Å². The minimum Gasteiger partial charge on any atom is -0.354 e. The van der Waals surface area contributed by atoms with Gasteiger partial charge in [-0.05, 0) is 53.8 Å². The Labute approximate surface area is 149 Å². The Hall–Kier alpha value is -2.46. The maximum absolute atomic E-state index is 14.4. The van der Waals surface area contributed by atoms with Gasteiger partial charge in [0.05, 0.1) is 6.20 Å². The highest BCUT2D eigenvalue weighted by molar-refractivity contribution is 6.28. The molecule has 0 fully saturated rings. The van der Waals surface area contributed by atoms with Crippen molar-refractivity contribution in [2.45, 2.75) is 26.7 Å². The lowest BCUT2D eigenvalue weighted by Crippen LogP contribution is -1.94. The lowest BCUT2D eigenvalue weighted by atomic mass is 9.94. The van der Waals surface area contributed by atoms with E-state index >= 15 is 0 Å². The quantitative estimate of drug-likeness (QED) is 0.449. The summed E-state index contributed by atoms with van der Waals surface area (Å²) in [5, 5.41) is 2.05. The third-order valence-electron chi connectivity index (χ3n) is 4.60. The largest absolute Gasteiger partial charge is 0.354 e. The Morgan fingerprint density at radius 3 is 2.72 bits per heavy atom. The first-order chi connectivity index (χ1) is 12.0. The molecular weight excluding hydrogens is 337 g/mol. The molecule has 0 amide bonds. The monoisotopic (exact) mass is 353 g/mol. The molecule has 0 saturated carbocycles. The summed E-state index contributed by atoms with van der Waals surface area (Å²) in [7, 11) is 0. The van der Waals surface area contributed by atoms with Crippen molar-refractivity contribution in [1.82, 2.24) is 15.0 Å². The molecule has 0 atom stereocenters. The fourth-order valence-corrected chi connectivity index (χ4v) is 3.61. The Bertz CT molecular complexity index is 1120. The van der Waals surface area contributed by atoms with E-state index in [0.717, 1.165) is 28.0 Å². The minimum absolute atomic E-state index is 0.0342. The number of hydrogen-bond acceptors (Lipinski definition) is 2. The number of benzene rings is 2. The standard InChI is InChI=1S/C20H17ClFN3/c1-10(2)13-8-14-17(7-11(13)3)24-16-6-4-5-12(18(14)16)19-15(22)9-23-20(21)25-19/h4-10,24H,1-3H3. The predicted octanol–water partition coefficient (Wildman–Crippen LogP) is 6.00. The van der Waals surface area contributed by atoms with Crippen LogP contribution >= 0.6 is 11.6 Å². The van der Waals surface area contributed by atoms with E-state index in [4.69, 9.17) is 11.6 Å².